The normalized spacial score (nSPS) is 10.4. The molecule has 1 aromatic heterocycles. The molecule has 0 saturated carbocycles. The molecule has 0 spiro atoms. The van der Waals surface area contributed by atoms with Crippen LogP contribution in [0.25, 0.3) is 0 Å². The van der Waals surface area contributed by atoms with E-state index in [0.717, 1.165) is 17.1 Å². The molecule has 2 N–H and O–H groups in total. The molecule has 0 aliphatic carbocycles. The van der Waals surface area contributed by atoms with Gasteiger partial charge in [-0.1, -0.05) is 11.6 Å². The highest BCUT2D eigenvalue weighted by molar-refractivity contribution is 7.08. The lowest BCUT2D eigenvalue weighted by Gasteiger charge is -1.99. The monoisotopic (exact) mass is 191 g/mol. The van der Waals surface area contributed by atoms with Gasteiger partial charge < -0.3 is 10.4 Å². The van der Waals surface area contributed by atoms with E-state index in [1.54, 1.807) is 11.3 Å². The number of thiophene rings is 1. The smallest absolute Gasteiger partial charge is 0.0557 e. The Labute approximate surface area is 74.8 Å². The number of rotatable bonds is 4. The fourth-order valence-electron chi connectivity index (χ4n) is 0.736. The van der Waals surface area contributed by atoms with Gasteiger partial charge in [0.15, 0.2) is 0 Å². The summed E-state index contributed by atoms with van der Waals surface area (Å²) in [6.07, 6.45) is 0. The maximum Gasteiger partial charge on any atom is 0.0557 e. The molecule has 0 amide bonds. The van der Waals surface area contributed by atoms with E-state index in [9.17, 15) is 0 Å². The van der Waals surface area contributed by atoms with Gasteiger partial charge in [-0.25, -0.2) is 0 Å². The van der Waals surface area contributed by atoms with Gasteiger partial charge >= 0.3 is 0 Å². The van der Waals surface area contributed by atoms with Crippen molar-refractivity contribution in [2.75, 3.05) is 13.2 Å². The Morgan fingerprint density at radius 1 is 1.55 bits per heavy atom. The highest BCUT2D eigenvalue weighted by atomic mass is 35.5. The molecule has 1 rings (SSSR count). The van der Waals surface area contributed by atoms with E-state index < -0.39 is 0 Å². The third kappa shape index (κ3) is 2.79. The quantitative estimate of drug-likeness (QED) is 0.707. The van der Waals surface area contributed by atoms with Crippen LogP contribution in [0.1, 0.15) is 5.56 Å². The van der Waals surface area contributed by atoms with Crippen LogP contribution >= 0.6 is 22.9 Å². The van der Waals surface area contributed by atoms with Gasteiger partial charge in [-0.05, 0) is 10.9 Å². The Kier molecular flexibility index (Phi) is 3.86. The van der Waals surface area contributed by atoms with Gasteiger partial charge in [0.25, 0.3) is 0 Å². The van der Waals surface area contributed by atoms with Crippen molar-refractivity contribution in [3.63, 3.8) is 0 Å². The number of hydrogen-bond donors (Lipinski definition) is 2. The Morgan fingerprint density at radius 2 is 2.36 bits per heavy atom. The van der Waals surface area contributed by atoms with Crippen molar-refractivity contribution in [1.29, 1.82) is 0 Å². The summed E-state index contributed by atoms with van der Waals surface area (Å²) in [5, 5.41) is 16.2. The zero-order valence-electron chi connectivity index (χ0n) is 6.01. The number of aliphatic hydroxyl groups excluding tert-OH is 1. The van der Waals surface area contributed by atoms with E-state index in [1.807, 2.05) is 10.8 Å². The second-order valence-electron chi connectivity index (χ2n) is 2.15. The van der Waals surface area contributed by atoms with Crippen molar-refractivity contribution in [2.45, 2.75) is 6.54 Å². The lowest BCUT2D eigenvalue weighted by Crippen LogP contribution is -2.17. The van der Waals surface area contributed by atoms with Gasteiger partial charge in [0.2, 0.25) is 0 Å². The molecule has 2 nitrogen and oxygen atoms in total. The molecule has 0 aromatic carbocycles. The minimum atomic E-state index is 0.168. The molecule has 0 aliphatic rings. The minimum absolute atomic E-state index is 0.168. The van der Waals surface area contributed by atoms with Crippen LogP contribution in [0, 0.1) is 0 Å². The molecule has 0 unspecified atom stereocenters. The largest absolute Gasteiger partial charge is 0.395 e. The van der Waals surface area contributed by atoms with Gasteiger partial charge in [-0.3, -0.25) is 0 Å². The van der Waals surface area contributed by atoms with Crippen molar-refractivity contribution in [2.24, 2.45) is 0 Å². The fraction of sp³-hybridized carbons (Fsp3) is 0.429. The average Bonchev–Trinajstić information content (AvgIpc) is 2.37. The first-order chi connectivity index (χ1) is 5.34. The lowest BCUT2D eigenvalue weighted by molar-refractivity contribution is 0.292. The summed E-state index contributed by atoms with van der Waals surface area (Å²) < 4.78 is 0. The van der Waals surface area contributed by atoms with E-state index in [-0.39, 0.29) is 6.61 Å². The molecule has 0 aliphatic heterocycles. The van der Waals surface area contributed by atoms with E-state index in [0.29, 0.717) is 6.54 Å². The Morgan fingerprint density at radius 3 is 2.91 bits per heavy atom. The zero-order valence-corrected chi connectivity index (χ0v) is 7.58. The van der Waals surface area contributed by atoms with Gasteiger partial charge in [0.1, 0.15) is 0 Å². The molecule has 0 atom stereocenters. The summed E-state index contributed by atoms with van der Waals surface area (Å²) in [5.74, 6) is 0. The molecular formula is C7H10ClNOS. The topological polar surface area (TPSA) is 32.3 Å². The van der Waals surface area contributed by atoms with Crippen LogP contribution in [0.15, 0.2) is 10.8 Å². The first kappa shape index (κ1) is 9.00. The van der Waals surface area contributed by atoms with E-state index in [2.05, 4.69) is 5.32 Å². The van der Waals surface area contributed by atoms with Gasteiger partial charge in [-0.2, -0.15) is 11.3 Å². The van der Waals surface area contributed by atoms with E-state index in [1.165, 1.54) is 0 Å². The highest BCUT2D eigenvalue weighted by Crippen LogP contribution is 2.19. The second-order valence-corrected chi connectivity index (χ2v) is 3.30. The van der Waals surface area contributed by atoms with Gasteiger partial charge in [0.05, 0.1) is 11.6 Å². The summed E-state index contributed by atoms with van der Waals surface area (Å²) in [6, 6.07) is 0. The predicted octanol–water partition coefficient (Wildman–Crippen LogP) is 1.48. The standard InChI is InChI=1S/C7H10ClNOS/c8-7-5-11-4-6(7)3-9-1-2-10/h4-5,9-10H,1-3H2. The Bertz CT molecular complexity index is 214. The summed E-state index contributed by atoms with van der Waals surface area (Å²) in [7, 11) is 0. The molecule has 0 bridgehead atoms. The SMILES string of the molecule is OCCNCc1cscc1Cl. The van der Waals surface area contributed by atoms with E-state index >= 15 is 0 Å². The fourth-order valence-corrected chi connectivity index (χ4v) is 1.79. The molecule has 1 heterocycles. The second kappa shape index (κ2) is 4.72. The zero-order chi connectivity index (χ0) is 8.10. The molecule has 62 valence electrons. The van der Waals surface area contributed by atoms with Gasteiger partial charge in [-0.15, -0.1) is 0 Å². The molecular weight excluding hydrogens is 182 g/mol. The van der Waals surface area contributed by atoms with Crippen LogP contribution in [0.2, 0.25) is 5.02 Å². The molecule has 11 heavy (non-hydrogen) atoms. The van der Waals surface area contributed by atoms with Crippen molar-refractivity contribution >= 4 is 22.9 Å². The van der Waals surface area contributed by atoms with Crippen molar-refractivity contribution in [1.82, 2.24) is 5.32 Å². The minimum Gasteiger partial charge on any atom is -0.395 e. The molecule has 0 saturated heterocycles. The first-order valence-corrected chi connectivity index (χ1v) is 4.69. The van der Waals surface area contributed by atoms with Crippen LogP contribution in [0.3, 0.4) is 0 Å². The number of hydrogen-bond acceptors (Lipinski definition) is 3. The van der Waals surface area contributed by atoms with Crippen molar-refractivity contribution in [3.8, 4) is 0 Å². The summed E-state index contributed by atoms with van der Waals surface area (Å²) in [4.78, 5) is 0. The Balaban J connectivity index is 2.32. The van der Waals surface area contributed by atoms with Crippen LogP contribution < -0.4 is 5.32 Å². The summed E-state index contributed by atoms with van der Waals surface area (Å²) in [5.41, 5.74) is 1.10. The average molecular weight is 192 g/mol. The Hall–Kier alpha value is -0.0900. The van der Waals surface area contributed by atoms with E-state index in [4.69, 9.17) is 16.7 Å². The lowest BCUT2D eigenvalue weighted by atomic mass is 10.3. The molecule has 0 fully saturated rings. The van der Waals surface area contributed by atoms with Crippen LogP contribution in [0.4, 0.5) is 0 Å². The highest BCUT2D eigenvalue weighted by Gasteiger charge is 1.98. The summed E-state index contributed by atoms with van der Waals surface area (Å²) >= 11 is 7.42. The van der Waals surface area contributed by atoms with Crippen LogP contribution in [-0.2, 0) is 6.54 Å². The van der Waals surface area contributed by atoms with Gasteiger partial charge in [0, 0.05) is 18.5 Å². The van der Waals surface area contributed by atoms with Crippen LogP contribution in [-0.4, -0.2) is 18.3 Å². The van der Waals surface area contributed by atoms with Crippen molar-refractivity contribution in [3.05, 3.63) is 21.3 Å². The number of aliphatic hydroxyl groups is 1. The van der Waals surface area contributed by atoms with Crippen molar-refractivity contribution < 1.29 is 5.11 Å². The first-order valence-electron chi connectivity index (χ1n) is 3.36. The maximum absolute atomic E-state index is 8.47. The summed E-state index contributed by atoms with van der Waals surface area (Å²) in [6.45, 7) is 1.52. The molecule has 1 aromatic rings. The van der Waals surface area contributed by atoms with Crippen LogP contribution in [0.5, 0.6) is 0 Å². The third-order valence-corrected chi connectivity index (χ3v) is 2.57. The maximum atomic E-state index is 8.47. The number of nitrogens with one attached hydrogen (secondary N) is 1. The molecule has 4 heteroatoms. The molecule has 0 radical (unpaired) electrons. The number of halogens is 1. The predicted molar refractivity (Wildman–Crippen MR) is 48.1 cm³/mol. The third-order valence-electron chi connectivity index (χ3n) is 1.29.